The molecule has 3 aromatic rings. The molecule has 0 spiro atoms. The standard InChI is InChI=1S/C21H23N3O3/c1-12-9-10-15(13(2)11-12)20-19(14(3)23-24-20)22-21(25)18-16(26-4)7-6-8-17(18)27-5/h6-11H,1-5H3,(H,22,25)(H,23,24). The van der Waals surface area contributed by atoms with Gasteiger partial charge in [-0.3, -0.25) is 9.89 Å². The highest BCUT2D eigenvalue weighted by Gasteiger charge is 2.22. The van der Waals surface area contributed by atoms with Crippen LogP contribution in [0.25, 0.3) is 11.3 Å². The van der Waals surface area contributed by atoms with Gasteiger partial charge in [-0.25, -0.2) is 0 Å². The molecule has 2 aromatic carbocycles. The average Bonchev–Trinajstić information content (AvgIpc) is 3.01. The predicted octanol–water partition coefficient (Wildman–Crippen LogP) is 4.27. The molecule has 1 aromatic heterocycles. The van der Waals surface area contributed by atoms with Gasteiger partial charge in [0.05, 0.1) is 25.6 Å². The van der Waals surface area contributed by atoms with Crippen molar-refractivity contribution in [3.8, 4) is 22.8 Å². The molecule has 140 valence electrons. The molecular formula is C21H23N3O3. The van der Waals surface area contributed by atoms with Crippen molar-refractivity contribution in [1.82, 2.24) is 10.2 Å². The quantitative estimate of drug-likeness (QED) is 0.708. The molecule has 0 bridgehead atoms. The SMILES string of the molecule is COc1cccc(OC)c1C(=O)Nc1c(-c2ccc(C)cc2C)n[nH]c1C. The average molecular weight is 365 g/mol. The summed E-state index contributed by atoms with van der Waals surface area (Å²) >= 11 is 0. The molecule has 0 atom stereocenters. The Morgan fingerprint density at radius 2 is 1.70 bits per heavy atom. The summed E-state index contributed by atoms with van der Waals surface area (Å²) in [6, 6.07) is 11.4. The monoisotopic (exact) mass is 365 g/mol. The van der Waals surface area contributed by atoms with E-state index in [1.54, 1.807) is 18.2 Å². The van der Waals surface area contributed by atoms with Crippen LogP contribution in [-0.2, 0) is 0 Å². The normalized spacial score (nSPS) is 10.6. The van der Waals surface area contributed by atoms with E-state index >= 15 is 0 Å². The summed E-state index contributed by atoms with van der Waals surface area (Å²) in [6.07, 6.45) is 0. The molecule has 6 heteroatoms. The summed E-state index contributed by atoms with van der Waals surface area (Å²) in [4.78, 5) is 13.0. The third kappa shape index (κ3) is 3.51. The van der Waals surface area contributed by atoms with E-state index in [9.17, 15) is 4.79 Å². The van der Waals surface area contributed by atoms with E-state index in [2.05, 4.69) is 21.6 Å². The molecule has 0 aliphatic carbocycles. The summed E-state index contributed by atoms with van der Waals surface area (Å²) < 4.78 is 10.7. The number of nitrogens with one attached hydrogen (secondary N) is 2. The zero-order chi connectivity index (χ0) is 19.6. The van der Waals surface area contributed by atoms with Crippen LogP contribution < -0.4 is 14.8 Å². The second-order valence-corrected chi connectivity index (χ2v) is 6.38. The Kier molecular flexibility index (Phi) is 5.16. The van der Waals surface area contributed by atoms with E-state index < -0.39 is 0 Å². The lowest BCUT2D eigenvalue weighted by Crippen LogP contribution is -2.15. The maximum absolute atomic E-state index is 13.0. The summed E-state index contributed by atoms with van der Waals surface area (Å²) in [6.45, 7) is 5.94. The number of aryl methyl sites for hydroxylation is 3. The number of carbonyl (C=O) groups is 1. The number of carbonyl (C=O) groups excluding carboxylic acids is 1. The molecule has 3 rings (SSSR count). The van der Waals surface area contributed by atoms with Crippen molar-refractivity contribution in [3.63, 3.8) is 0 Å². The highest BCUT2D eigenvalue weighted by Crippen LogP contribution is 2.34. The topological polar surface area (TPSA) is 76.2 Å². The van der Waals surface area contributed by atoms with Gasteiger partial charge >= 0.3 is 0 Å². The highest BCUT2D eigenvalue weighted by molar-refractivity contribution is 6.10. The van der Waals surface area contributed by atoms with Gasteiger partial charge in [0.15, 0.2) is 0 Å². The fourth-order valence-electron chi connectivity index (χ4n) is 3.11. The zero-order valence-corrected chi connectivity index (χ0v) is 16.1. The van der Waals surface area contributed by atoms with E-state index in [1.165, 1.54) is 19.8 Å². The van der Waals surface area contributed by atoms with E-state index in [0.29, 0.717) is 28.4 Å². The zero-order valence-electron chi connectivity index (χ0n) is 16.1. The minimum absolute atomic E-state index is 0.320. The Morgan fingerprint density at radius 3 is 2.30 bits per heavy atom. The molecule has 0 aliphatic rings. The number of hydrogen-bond donors (Lipinski definition) is 2. The van der Waals surface area contributed by atoms with Crippen molar-refractivity contribution in [1.29, 1.82) is 0 Å². The summed E-state index contributed by atoms with van der Waals surface area (Å²) in [5.41, 5.74) is 5.68. The molecule has 1 amide bonds. The largest absolute Gasteiger partial charge is 0.496 e. The van der Waals surface area contributed by atoms with Gasteiger partial charge in [-0.15, -0.1) is 0 Å². The van der Waals surface area contributed by atoms with Gasteiger partial charge in [-0.1, -0.05) is 29.8 Å². The smallest absolute Gasteiger partial charge is 0.263 e. The molecule has 27 heavy (non-hydrogen) atoms. The van der Waals surface area contributed by atoms with Crippen LogP contribution in [0.4, 0.5) is 5.69 Å². The highest BCUT2D eigenvalue weighted by atomic mass is 16.5. The van der Waals surface area contributed by atoms with Crippen LogP contribution in [0.15, 0.2) is 36.4 Å². The van der Waals surface area contributed by atoms with Crippen LogP contribution in [0.2, 0.25) is 0 Å². The van der Waals surface area contributed by atoms with Crippen LogP contribution in [-0.4, -0.2) is 30.3 Å². The lowest BCUT2D eigenvalue weighted by atomic mass is 10.0. The number of rotatable bonds is 5. The van der Waals surface area contributed by atoms with Crippen LogP contribution in [0.3, 0.4) is 0 Å². The fraction of sp³-hybridized carbons (Fsp3) is 0.238. The maximum atomic E-state index is 13.0. The van der Waals surface area contributed by atoms with Crippen molar-refractivity contribution in [2.75, 3.05) is 19.5 Å². The van der Waals surface area contributed by atoms with Gasteiger partial charge < -0.3 is 14.8 Å². The van der Waals surface area contributed by atoms with Crippen molar-refractivity contribution >= 4 is 11.6 Å². The molecule has 0 saturated carbocycles. The number of nitrogens with zero attached hydrogens (tertiary/aromatic N) is 1. The van der Waals surface area contributed by atoms with E-state index in [4.69, 9.17) is 9.47 Å². The summed E-state index contributed by atoms with van der Waals surface area (Å²) in [5.74, 6) is 0.571. The molecule has 0 fully saturated rings. The predicted molar refractivity (Wildman–Crippen MR) is 106 cm³/mol. The maximum Gasteiger partial charge on any atom is 0.263 e. The Morgan fingerprint density at radius 1 is 1.04 bits per heavy atom. The summed E-state index contributed by atoms with van der Waals surface area (Å²) in [7, 11) is 3.05. The number of methoxy groups -OCH3 is 2. The number of benzene rings is 2. The number of H-pyrrole nitrogens is 1. The minimum Gasteiger partial charge on any atom is -0.496 e. The van der Waals surface area contributed by atoms with Crippen molar-refractivity contribution in [2.24, 2.45) is 0 Å². The van der Waals surface area contributed by atoms with Crippen LogP contribution in [0.1, 0.15) is 27.2 Å². The second kappa shape index (κ2) is 7.53. The Hall–Kier alpha value is -3.28. The lowest BCUT2D eigenvalue weighted by molar-refractivity contribution is 0.102. The van der Waals surface area contributed by atoms with E-state index in [-0.39, 0.29) is 5.91 Å². The Bertz CT molecular complexity index is 970. The second-order valence-electron chi connectivity index (χ2n) is 6.38. The molecular weight excluding hydrogens is 342 g/mol. The number of hydrogen-bond acceptors (Lipinski definition) is 4. The first-order chi connectivity index (χ1) is 13.0. The van der Waals surface area contributed by atoms with Gasteiger partial charge in [0, 0.05) is 5.56 Å². The first kappa shape index (κ1) is 18.5. The summed E-state index contributed by atoms with van der Waals surface area (Å²) in [5, 5.41) is 10.3. The molecule has 6 nitrogen and oxygen atoms in total. The van der Waals surface area contributed by atoms with Gasteiger partial charge in [0.2, 0.25) is 0 Å². The first-order valence-electron chi connectivity index (χ1n) is 8.61. The number of aromatic amines is 1. The van der Waals surface area contributed by atoms with E-state index in [0.717, 1.165) is 16.8 Å². The molecule has 0 saturated heterocycles. The van der Waals surface area contributed by atoms with Crippen LogP contribution >= 0.6 is 0 Å². The van der Waals surface area contributed by atoms with E-state index in [1.807, 2.05) is 32.9 Å². The van der Waals surface area contributed by atoms with Crippen LogP contribution in [0.5, 0.6) is 11.5 Å². The van der Waals surface area contributed by atoms with Crippen molar-refractivity contribution in [3.05, 3.63) is 58.8 Å². The lowest BCUT2D eigenvalue weighted by Gasteiger charge is -2.14. The number of aromatic nitrogens is 2. The molecule has 0 unspecified atom stereocenters. The number of amides is 1. The number of anilines is 1. The van der Waals surface area contributed by atoms with Gasteiger partial charge in [0.1, 0.15) is 22.8 Å². The first-order valence-corrected chi connectivity index (χ1v) is 8.61. The fourth-order valence-corrected chi connectivity index (χ4v) is 3.11. The Balaban J connectivity index is 2.03. The third-order valence-electron chi connectivity index (χ3n) is 4.48. The number of ether oxygens (including phenoxy) is 2. The molecule has 0 aliphatic heterocycles. The Labute approximate surface area is 158 Å². The molecule has 1 heterocycles. The van der Waals surface area contributed by atoms with Gasteiger partial charge in [-0.2, -0.15) is 5.10 Å². The minimum atomic E-state index is -0.320. The van der Waals surface area contributed by atoms with Crippen LogP contribution in [0, 0.1) is 20.8 Å². The molecule has 2 N–H and O–H groups in total. The van der Waals surface area contributed by atoms with Gasteiger partial charge in [-0.05, 0) is 38.5 Å². The van der Waals surface area contributed by atoms with Crippen molar-refractivity contribution in [2.45, 2.75) is 20.8 Å². The van der Waals surface area contributed by atoms with Crippen molar-refractivity contribution < 1.29 is 14.3 Å². The van der Waals surface area contributed by atoms with Gasteiger partial charge in [0.25, 0.3) is 5.91 Å². The molecule has 0 radical (unpaired) electrons. The third-order valence-corrected chi connectivity index (χ3v) is 4.48.